The summed E-state index contributed by atoms with van der Waals surface area (Å²) in [6.45, 7) is 0.882. The predicted molar refractivity (Wildman–Crippen MR) is 89.8 cm³/mol. The molecular formula is C14H12BrCl2NS. The van der Waals surface area contributed by atoms with Gasteiger partial charge in [0.05, 0.1) is 10.0 Å². The highest BCUT2D eigenvalue weighted by molar-refractivity contribution is 9.10. The molecule has 0 saturated heterocycles. The first kappa shape index (κ1) is 15.0. The number of hydrogen-bond donors (Lipinski definition) is 1. The minimum Gasteiger partial charge on any atom is -0.383 e. The summed E-state index contributed by atoms with van der Waals surface area (Å²) in [5, 5.41) is 4.58. The van der Waals surface area contributed by atoms with Crippen molar-refractivity contribution in [2.45, 2.75) is 4.90 Å². The molecule has 0 radical (unpaired) electrons. The Bertz CT molecular complexity index is 563. The van der Waals surface area contributed by atoms with Gasteiger partial charge in [-0.3, -0.25) is 0 Å². The maximum absolute atomic E-state index is 5.98. The van der Waals surface area contributed by atoms with Crippen LogP contribution in [-0.4, -0.2) is 12.3 Å². The Morgan fingerprint density at radius 1 is 1.05 bits per heavy atom. The third-order valence-corrected chi connectivity index (χ3v) is 4.88. The first-order valence-corrected chi connectivity index (χ1v) is 8.26. The molecule has 2 aromatic rings. The van der Waals surface area contributed by atoms with Crippen LogP contribution in [0.5, 0.6) is 0 Å². The lowest BCUT2D eigenvalue weighted by Crippen LogP contribution is -2.04. The number of para-hydroxylation sites is 1. The summed E-state index contributed by atoms with van der Waals surface area (Å²) in [5.41, 5.74) is 1.11. The molecule has 0 unspecified atom stereocenters. The van der Waals surface area contributed by atoms with Gasteiger partial charge in [0, 0.05) is 27.4 Å². The molecule has 0 aromatic heterocycles. The fourth-order valence-corrected chi connectivity index (χ4v) is 3.12. The lowest BCUT2D eigenvalue weighted by Gasteiger charge is -2.08. The lowest BCUT2D eigenvalue weighted by molar-refractivity contribution is 1.22. The van der Waals surface area contributed by atoms with E-state index in [0.717, 1.165) is 27.4 Å². The van der Waals surface area contributed by atoms with Gasteiger partial charge in [0.25, 0.3) is 0 Å². The number of anilines is 1. The zero-order chi connectivity index (χ0) is 13.7. The van der Waals surface area contributed by atoms with Gasteiger partial charge in [-0.1, -0.05) is 35.3 Å². The Morgan fingerprint density at radius 3 is 2.58 bits per heavy atom. The van der Waals surface area contributed by atoms with Gasteiger partial charge < -0.3 is 5.32 Å². The summed E-state index contributed by atoms with van der Waals surface area (Å²) >= 11 is 17.1. The van der Waals surface area contributed by atoms with Crippen molar-refractivity contribution in [1.29, 1.82) is 0 Å². The molecule has 0 amide bonds. The molecule has 2 rings (SSSR count). The van der Waals surface area contributed by atoms with Gasteiger partial charge in [0.2, 0.25) is 0 Å². The first-order chi connectivity index (χ1) is 9.16. The van der Waals surface area contributed by atoms with Crippen LogP contribution < -0.4 is 5.32 Å². The molecule has 0 bridgehead atoms. The lowest BCUT2D eigenvalue weighted by atomic mass is 10.3. The van der Waals surface area contributed by atoms with E-state index >= 15 is 0 Å². The Hall–Kier alpha value is -0.350. The standard InChI is InChI=1S/C14H12BrCl2NS/c15-11-3-1-2-4-14(11)18-7-8-19-10-5-6-12(16)13(17)9-10/h1-6,9,18H,7-8H2. The molecular weight excluding hydrogens is 365 g/mol. The van der Waals surface area contributed by atoms with Crippen molar-refractivity contribution in [2.24, 2.45) is 0 Å². The van der Waals surface area contributed by atoms with E-state index in [9.17, 15) is 0 Å². The van der Waals surface area contributed by atoms with Gasteiger partial charge in [-0.25, -0.2) is 0 Å². The predicted octanol–water partition coefficient (Wildman–Crippen LogP) is 5.96. The Balaban J connectivity index is 1.81. The van der Waals surface area contributed by atoms with E-state index in [2.05, 4.69) is 21.2 Å². The second-order valence-corrected chi connectivity index (χ2v) is 6.67. The molecule has 2 aromatic carbocycles. The molecule has 0 aliphatic heterocycles. The van der Waals surface area contributed by atoms with Crippen LogP contribution in [0.2, 0.25) is 10.0 Å². The van der Waals surface area contributed by atoms with Crippen molar-refractivity contribution >= 4 is 56.6 Å². The SMILES string of the molecule is Clc1ccc(SCCNc2ccccc2Br)cc1Cl. The number of halogens is 3. The van der Waals surface area contributed by atoms with Gasteiger partial charge >= 0.3 is 0 Å². The number of hydrogen-bond acceptors (Lipinski definition) is 2. The summed E-state index contributed by atoms with van der Waals surface area (Å²) in [6.07, 6.45) is 0. The van der Waals surface area contributed by atoms with Gasteiger partial charge in [0.1, 0.15) is 0 Å². The quantitative estimate of drug-likeness (QED) is 0.510. The minimum absolute atomic E-state index is 0.595. The Labute approximate surface area is 135 Å². The van der Waals surface area contributed by atoms with Crippen LogP contribution in [0.25, 0.3) is 0 Å². The fourth-order valence-electron chi connectivity index (χ4n) is 1.53. The maximum Gasteiger partial charge on any atom is 0.0603 e. The average Bonchev–Trinajstić information content (AvgIpc) is 2.40. The molecule has 0 atom stereocenters. The molecule has 0 saturated carbocycles. The van der Waals surface area contributed by atoms with E-state index in [-0.39, 0.29) is 0 Å². The van der Waals surface area contributed by atoms with Crippen LogP contribution in [0, 0.1) is 0 Å². The summed E-state index contributed by atoms with van der Waals surface area (Å²) in [7, 11) is 0. The highest BCUT2D eigenvalue weighted by Gasteiger charge is 2.01. The molecule has 0 aliphatic rings. The van der Waals surface area contributed by atoms with Crippen molar-refractivity contribution in [3.63, 3.8) is 0 Å². The molecule has 0 spiro atoms. The second kappa shape index (κ2) is 7.44. The van der Waals surface area contributed by atoms with Crippen LogP contribution in [0.15, 0.2) is 51.8 Å². The number of rotatable bonds is 5. The summed E-state index contributed by atoms with van der Waals surface area (Å²) in [4.78, 5) is 1.13. The van der Waals surface area contributed by atoms with E-state index in [4.69, 9.17) is 23.2 Å². The van der Waals surface area contributed by atoms with E-state index in [0.29, 0.717) is 10.0 Å². The van der Waals surface area contributed by atoms with E-state index in [1.807, 2.05) is 42.5 Å². The largest absolute Gasteiger partial charge is 0.383 e. The van der Waals surface area contributed by atoms with Gasteiger partial charge in [-0.2, -0.15) is 0 Å². The molecule has 19 heavy (non-hydrogen) atoms. The van der Waals surface area contributed by atoms with Gasteiger partial charge in [-0.05, 0) is 46.3 Å². The molecule has 0 aliphatic carbocycles. The number of thioether (sulfide) groups is 1. The summed E-state index contributed by atoms with van der Waals surface area (Å²) < 4.78 is 1.08. The molecule has 100 valence electrons. The first-order valence-electron chi connectivity index (χ1n) is 5.73. The smallest absolute Gasteiger partial charge is 0.0603 e. The summed E-state index contributed by atoms with van der Waals surface area (Å²) in [5.74, 6) is 0.958. The zero-order valence-electron chi connectivity index (χ0n) is 10.00. The van der Waals surface area contributed by atoms with Crippen LogP contribution in [0.1, 0.15) is 0 Å². The van der Waals surface area contributed by atoms with Crippen LogP contribution in [0.3, 0.4) is 0 Å². The summed E-state index contributed by atoms with van der Waals surface area (Å²) in [6, 6.07) is 13.8. The molecule has 5 heteroatoms. The third-order valence-electron chi connectivity index (χ3n) is 2.45. The van der Waals surface area contributed by atoms with Crippen LogP contribution in [0.4, 0.5) is 5.69 Å². The Kier molecular flexibility index (Phi) is 5.89. The van der Waals surface area contributed by atoms with Crippen molar-refractivity contribution in [1.82, 2.24) is 0 Å². The topological polar surface area (TPSA) is 12.0 Å². The van der Waals surface area contributed by atoms with Crippen molar-refractivity contribution in [2.75, 3.05) is 17.6 Å². The fraction of sp³-hybridized carbons (Fsp3) is 0.143. The third kappa shape index (κ3) is 4.60. The van der Waals surface area contributed by atoms with Crippen molar-refractivity contribution in [3.05, 3.63) is 57.0 Å². The molecule has 1 nitrogen and oxygen atoms in total. The molecule has 1 N–H and O–H groups in total. The monoisotopic (exact) mass is 375 g/mol. The number of benzene rings is 2. The van der Waals surface area contributed by atoms with Crippen molar-refractivity contribution < 1.29 is 0 Å². The normalized spacial score (nSPS) is 10.5. The highest BCUT2D eigenvalue weighted by atomic mass is 79.9. The van der Waals surface area contributed by atoms with Crippen molar-refractivity contribution in [3.8, 4) is 0 Å². The Morgan fingerprint density at radius 2 is 1.84 bits per heavy atom. The minimum atomic E-state index is 0.595. The highest BCUT2D eigenvalue weighted by Crippen LogP contribution is 2.28. The van der Waals surface area contributed by atoms with Gasteiger partial charge in [-0.15, -0.1) is 11.8 Å². The van der Waals surface area contributed by atoms with E-state index in [1.165, 1.54) is 0 Å². The number of nitrogens with one attached hydrogen (secondary N) is 1. The van der Waals surface area contributed by atoms with Crippen LogP contribution >= 0.6 is 50.9 Å². The second-order valence-electron chi connectivity index (χ2n) is 3.83. The average molecular weight is 377 g/mol. The van der Waals surface area contributed by atoms with E-state index < -0.39 is 0 Å². The zero-order valence-corrected chi connectivity index (χ0v) is 13.9. The van der Waals surface area contributed by atoms with Crippen LogP contribution in [-0.2, 0) is 0 Å². The molecule has 0 fully saturated rings. The van der Waals surface area contributed by atoms with E-state index in [1.54, 1.807) is 11.8 Å². The molecule has 0 heterocycles. The van der Waals surface area contributed by atoms with Gasteiger partial charge in [0.15, 0.2) is 0 Å². The maximum atomic E-state index is 5.98.